The molecule has 0 aromatic rings. The van der Waals surface area contributed by atoms with Crippen molar-refractivity contribution in [3.05, 3.63) is 0 Å². The minimum absolute atomic E-state index is 0.394. The number of rotatable bonds is 7. The molecule has 0 radical (unpaired) electrons. The zero-order valence-electron chi connectivity index (χ0n) is 9.58. The summed E-state index contributed by atoms with van der Waals surface area (Å²) in [5.41, 5.74) is 0. The van der Waals surface area contributed by atoms with Crippen LogP contribution in [0.5, 0.6) is 0 Å². The summed E-state index contributed by atoms with van der Waals surface area (Å²) in [5, 5.41) is 12.7. The molecule has 0 saturated carbocycles. The van der Waals surface area contributed by atoms with Crippen LogP contribution in [0.15, 0.2) is 0 Å². The van der Waals surface area contributed by atoms with Gasteiger partial charge in [0.05, 0.1) is 19.3 Å². The zero-order valence-corrected chi connectivity index (χ0v) is 9.58. The predicted octanol–water partition coefficient (Wildman–Crippen LogP) is 0.400. The van der Waals surface area contributed by atoms with Crippen LogP contribution in [0.1, 0.15) is 19.8 Å². The molecule has 1 saturated heterocycles. The minimum Gasteiger partial charge on any atom is -0.389 e. The molecular formula is C11H23NO3. The number of ether oxygens (including phenoxy) is 2. The second-order valence-corrected chi connectivity index (χ2v) is 4.05. The first-order valence-electron chi connectivity index (χ1n) is 5.87. The van der Waals surface area contributed by atoms with Gasteiger partial charge in [-0.25, -0.2) is 0 Å². The van der Waals surface area contributed by atoms with Gasteiger partial charge in [-0.2, -0.15) is 0 Å². The summed E-state index contributed by atoms with van der Waals surface area (Å²) in [5.74, 6) is 0.609. The van der Waals surface area contributed by atoms with Gasteiger partial charge in [0.25, 0.3) is 0 Å². The van der Waals surface area contributed by atoms with E-state index in [-0.39, 0.29) is 0 Å². The van der Waals surface area contributed by atoms with Crippen molar-refractivity contribution < 1.29 is 14.6 Å². The molecule has 0 bridgehead atoms. The maximum atomic E-state index is 9.49. The maximum Gasteiger partial charge on any atom is 0.0897 e. The highest BCUT2D eigenvalue weighted by Gasteiger charge is 2.13. The number of aliphatic hydroxyl groups excluding tert-OH is 1. The molecule has 0 amide bonds. The van der Waals surface area contributed by atoms with E-state index in [4.69, 9.17) is 9.47 Å². The summed E-state index contributed by atoms with van der Waals surface area (Å²) in [6.07, 6.45) is 2.00. The van der Waals surface area contributed by atoms with Crippen LogP contribution in [0.2, 0.25) is 0 Å². The summed E-state index contributed by atoms with van der Waals surface area (Å²) in [6.45, 7) is 6.31. The van der Waals surface area contributed by atoms with Crippen molar-refractivity contribution in [2.75, 3.05) is 39.5 Å². The van der Waals surface area contributed by atoms with Gasteiger partial charge >= 0.3 is 0 Å². The van der Waals surface area contributed by atoms with E-state index in [1.54, 1.807) is 0 Å². The fourth-order valence-electron chi connectivity index (χ4n) is 1.74. The fourth-order valence-corrected chi connectivity index (χ4v) is 1.74. The number of nitrogens with one attached hydrogen (secondary N) is 1. The molecule has 2 atom stereocenters. The second kappa shape index (κ2) is 8.05. The Kier molecular flexibility index (Phi) is 6.92. The predicted molar refractivity (Wildman–Crippen MR) is 58.9 cm³/mol. The first-order valence-corrected chi connectivity index (χ1v) is 5.87. The smallest absolute Gasteiger partial charge is 0.0897 e. The van der Waals surface area contributed by atoms with Gasteiger partial charge in [-0.15, -0.1) is 0 Å². The van der Waals surface area contributed by atoms with Crippen molar-refractivity contribution in [3.63, 3.8) is 0 Å². The van der Waals surface area contributed by atoms with Crippen molar-refractivity contribution in [3.8, 4) is 0 Å². The van der Waals surface area contributed by atoms with Crippen molar-refractivity contribution in [2.45, 2.75) is 25.9 Å². The Balaban J connectivity index is 1.94. The topological polar surface area (TPSA) is 50.7 Å². The minimum atomic E-state index is -0.394. The molecule has 0 aromatic heterocycles. The molecule has 2 N–H and O–H groups in total. The van der Waals surface area contributed by atoms with Gasteiger partial charge in [-0.3, -0.25) is 0 Å². The highest BCUT2D eigenvalue weighted by Crippen LogP contribution is 2.11. The van der Waals surface area contributed by atoms with Crippen LogP contribution in [0.25, 0.3) is 0 Å². The largest absolute Gasteiger partial charge is 0.389 e. The molecular weight excluding hydrogens is 194 g/mol. The van der Waals surface area contributed by atoms with E-state index in [0.717, 1.165) is 26.2 Å². The lowest BCUT2D eigenvalue weighted by Gasteiger charge is -2.22. The molecule has 0 spiro atoms. The molecule has 0 aromatic carbocycles. The molecule has 1 aliphatic rings. The van der Waals surface area contributed by atoms with E-state index in [0.29, 0.717) is 25.7 Å². The van der Waals surface area contributed by atoms with E-state index in [9.17, 15) is 5.11 Å². The molecule has 4 heteroatoms. The highest BCUT2D eigenvalue weighted by molar-refractivity contribution is 4.67. The molecule has 15 heavy (non-hydrogen) atoms. The van der Waals surface area contributed by atoms with Gasteiger partial charge in [-0.05, 0) is 25.7 Å². The van der Waals surface area contributed by atoms with Crippen LogP contribution in [-0.4, -0.2) is 50.7 Å². The number of hydrogen-bond donors (Lipinski definition) is 2. The highest BCUT2D eigenvalue weighted by atomic mass is 16.5. The Labute approximate surface area is 92.0 Å². The molecule has 4 nitrogen and oxygen atoms in total. The number of hydrogen-bond acceptors (Lipinski definition) is 4. The van der Waals surface area contributed by atoms with Gasteiger partial charge in [0.1, 0.15) is 0 Å². The Hall–Kier alpha value is -0.160. The molecule has 2 unspecified atom stereocenters. The first-order chi connectivity index (χ1) is 7.33. The van der Waals surface area contributed by atoms with E-state index in [2.05, 4.69) is 5.32 Å². The normalized spacial score (nSPS) is 24.0. The van der Waals surface area contributed by atoms with E-state index >= 15 is 0 Å². The standard InChI is InChI=1S/C11H23NO3/c1-2-14-9-11(13)7-12-6-10-4-3-5-15-8-10/h10-13H,2-9H2,1H3. The first kappa shape index (κ1) is 12.9. The lowest BCUT2D eigenvalue weighted by atomic mass is 10.0. The molecule has 1 heterocycles. The van der Waals surface area contributed by atoms with E-state index in [1.165, 1.54) is 6.42 Å². The van der Waals surface area contributed by atoms with Crippen LogP contribution in [0, 0.1) is 5.92 Å². The SMILES string of the molecule is CCOCC(O)CNCC1CCCOC1. The Morgan fingerprint density at radius 3 is 3.13 bits per heavy atom. The van der Waals surface area contributed by atoms with Gasteiger partial charge in [-0.1, -0.05) is 0 Å². The van der Waals surface area contributed by atoms with Crippen molar-refractivity contribution in [1.82, 2.24) is 5.32 Å². The second-order valence-electron chi connectivity index (χ2n) is 4.05. The summed E-state index contributed by atoms with van der Waals surface area (Å²) in [4.78, 5) is 0. The van der Waals surface area contributed by atoms with Crippen LogP contribution < -0.4 is 5.32 Å². The van der Waals surface area contributed by atoms with Crippen molar-refractivity contribution in [2.24, 2.45) is 5.92 Å². The quantitative estimate of drug-likeness (QED) is 0.648. The average molecular weight is 217 g/mol. The van der Waals surface area contributed by atoms with Crippen LogP contribution >= 0.6 is 0 Å². The lowest BCUT2D eigenvalue weighted by Crippen LogP contribution is -2.35. The fraction of sp³-hybridized carbons (Fsp3) is 1.00. The van der Waals surface area contributed by atoms with Gasteiger partial charge in [0.15, 0.2) is 0 Å². The molecule has 0 aliphatic carbocycles. The molecule has 1 fully saturated rings. The van der Waals surface area contributed by atoms with Crippen LogP contribution in [0.3, 0.4) is 0 Å². The summed E-state index contributed by atoms with van der Waals surface area (Å²) in [7, 11) is 0. The zero-order chi connectivity index (χ0) is 10.9. The van der Waals surface area contributed by atoms with Crippen LogP contribution in [0.4, 0.5) is 0 Å². The lowest BCUT2D eigenvalue weighted by molar-refractivity contribution is 0.0358. The third-order valence-electron chi connectivity index (χ3n) is 2.58. The molecule has 1 aliphatic heterocycles. The molecule has 90 valence electrons. The summed E-state index contributed by atoms with van der Waals surface area (Å²) in [6, 6.07) is 0. The van der Waals surface area contributed by atoms with Gasteiger partial charge in [0, 0.05) is 26.3 Å². The van der Waals surface area contributed by atoms with E-state index in [1.807, 2.05) is 6.92 Å². The van der Waals surface area contributed by atoms with E-state index < -0.39 is 6.10 Å². The Morgan fingerprint density at radius 2 is 2.47 bits per heavy atom. The maximum absolute atomic E-state index is 9.49. The third-order valence-corrected chi connectivity index (χ3v) is 2.58. The average Bonchev–Trinajstić information content (AvgIpc) is 2.28. The Bertz CT molecular complexity index is 149. The summed E-state index contributed by atoms with van der Waals surface area (Å²) >= 11 is 0. The Morgan fingerprint density at radius 1 is 1.60 bits per heavy atom. The third kappa shape index (κ3) is 6.10. The summed E-state index contributed by atoms with van der Waals surface area (Å²) < 4.78 is 10.5. The van der Waals surface area contributed by atoms with Crippen molar-refractivity contribution >= 4 is 0 Å². The van der Waals surface area contributed by atoms with Gasteiger partial charge in [0.2, 0.25) is 0 Å². The van der Waals surface area contributed by atoms with Crippen molar-refractivity contribution in [1.29, 1.82) is 0 Å². The van der Waals surface area contributed by atoms with Gasteiger partial charge < -0.3 is 19.9 Å². The number of aliphatic hydroxyl groups is 1. The molecule has 1 rings (SSSR count). The monoisotopic (exact) mass is 217 g/mol. The van der Waals surface area contributed by atoms with Crippen LogP contribution in [-0.2, 0) is 9.47 Å².